The molecular weight excluding hydrogens is 427 g/mol. The van der Waals surface area contributed by atoms with E-state index in [4.69, 9.17) is 23.2 Å². The number of nitrogens with zero attached hydrogens (tertiary/aromatic N) is 2. The highest BCUT2D eigenvalue weighted by atomic mass is 35.5. The van der Waals surface area contributed by atoms with Crippen molar-refractivity contribution in [2.75, 3.05) is 32.9 Å². The fourth-order valence-corrected chi connectivity index (χ4v) is 4.51. The number of likely N-dealkylation sites (tertiary alicyclic amines) is 1. The van der Waals surface area contributed by atoms with Crippen LogP contribution >= 0.6 is 23.2 Å². The van der Waals surface area contributed by atoms with Gasteiger partial charge in [0.2, 0.25) is 5.91 Å². The van der Waals surface area contributed by atoms with Crippen molar-refractivity contribution in [3.63, 3.8) is 0 Å². The minimum Gasteiger partial charge on any atom is -0.337 e. The highest BCUT2D eigenvalue weighted by Crippen LogP contribution is 2.26. The summed E-state index contributed by atoms with van der Waals surface area (Å²) >= 11 is 12.1. The molecule has 0 bridgehead atoms. The Morgan fingerprint density at radius 2 is 1.76 bits per heavy atom. The van der Waals surface area contributed by atoms with E-state index in [0.717, 1.165) is 35.7 Å². The Hall–Kier alpha value is -1.40. The first kappa shape index (κ1) is 22.3. The van der Waals surface area contributed by atoms with Gasteiger partial charge in [0.1, 0.15) is 0 Å². The molecule has 7 heteroatoms. The van der Waals surface area contributed by atoms with Gasteiger partial charge in [-0.2, -0.15) is 0 Å². The summed E-state index contributed by atoms with van der Waals surface area (Å²) in [5.74, 6) is 0.0238. The third-order valence-corrected chi connectivity index (χ3v) is 7.10. The molecule has 1 aliphatic rings. The second kappa shape index (κ2) is 10.1. The van der Waals surface area contributed by atoms with Crippen LogP contribution in [0, 0.1) is 0 Å². The molecule has 3 rings (SSSR count). The van der Waals surface area contributed by atoms with Gasteiger partial charge in [-0.1, -0.05) is 41.4 Å². The van der Waals surface area contributed by atoms with E-state index in [0.29, 0.717) is 10.0 Å². The summed E-state index contributed by atoms with van der Waals surface area (Å²) < 4.78 is 11.7. The smallest absolute Gasteiger partial charge is 0.227 e. The average molecular weight is 453 g/mol. The number of halogens is 2. The van der Waals surface area contributed by atoms with Crippen molar-refractivity contribution in [2.45, 2.75) is 30.2 Å². The minimum absolute atomic E-state index is 0.0238. The fourth-order valence-electron chi connectivity index (χ4n) is 3.67. The van der Waals surface area contributed by atoms with E-state index >= 15 is 0 Å². The molecular formula is C22H26Cl2N2O2S. The first-order valence-electron chi connectivity index (χ1n) is 9.70. The fraction of sp³-hybridized carbons (Fsp3) is 0.409. The molecule has 0 saturated carbocycles. The Morgan fingerprint density at radius 3 is 2.34 bits per heavy atom. The van der Waals surface area contributed by atoms with E-state index in [1.165, 1.54) is 12.8 Å². The molecule has 29 heavy (non-hydrogen) atoms. The summed E-state index contributed by atoms with van der Waals surface area (Å²) in [6, 6.07) is 13.0. The van der Waals surface area contributed by atoms with Crippen molar-refractivity contribution in [2.24, 2.45) is 0 Å². The first-order chi connectivity index (χ1) is 13.8. The van der Waals surface area contributed by atoms with Gasteiger partial charge in [0.15, 0.2) is 0 Å². The summed E-state index contributed by atoms with van der Waals surface area (Å²) in [6.07, 6.45) is 4.33. The average Bonchev–Trinajstić information content (AvgIpc) is 3.22. The largest absolute Gasteiger partial charge is 0.337 e. The monoisotopic (exact) mass is 452 g/mol. The molecule has 1 saturated heterocycles. The van der Waals surface area contributed by atoms with Gasteiger partial charge in [0.25, 0.3) is 0 Å². The predicted molar refractivity (Wildman–Crippen MR) is 120 cm³/mol. The Kier molecular flexibility index (Phi) is 7.74. The summed E-state index contributed by atoms with van der Waals surface area (Å²) in [7, 11) is 0.835. The van der Waals surface area contributed by atoms with Crippen LogP contribution in [0.1, 0.15) is 30.0 Å². The van der Waals surface area contributed by atoms with Gasteiger partial charge in [-0.25, -0.2) is 0 Å². The zero-order valence-corrected chi connectivity index (χ0v) is 19.1. The molecule has 1 aliphatic heterocycles. The van der Waals surface area contributed by atoms with Crippen LogP contribution in [-0.4, -0.2) is 52.9 Å². The molecule has 0 spiro atoms. The number of carbonyl (C=O) groups is 1. The van der Waals surface area contributed by atoms with Gasteiger partial charge in [0, 0.05) is 35.5 Å². The van der Waals surface area contributed by atoms with Gasteiger partial charge in [-0.15, -0.1) is 0 Å². The molecule has 156 valence electrons. The van der Waals surface area contributed by atoms with Crippen molar-refractivity contribution < 1.29 is 9.00 Å². The number of rotatable bonds is 7. The number of benzene rings is 2. The Morgan fingerprint density at radius 1 is 1.10 bits per heavy atom. The van der Waals surface area contributed by atoms with Crippen LogP contribution in [0.5, 0.6) is 0 Å². The van der Waals surface area contributed by atoms with E-state index < -0.39 is 10.8 Å². The lowest BCUT2D eigenvalue weighted by Gasteiger charge is -2.32. The highest BCUT2D eigenvalue weighted by molar-refractivity contribution is 7.84. The molecule has 2 aromatic rings. The maximum absolute atomic E-state index is 13.1. The summed E-state index contributed by atoms with van der Waals surface area (Å²) in [4.78, 5) is 18.1. The third kappa shape index (κ3) is 5.82. The van der Waals surface area contributed by atoms with Crippen LogP contribution in [0.4, 0.5) is 0 Å². The van der Waals surface area contributed by atoms with Crippen LogP contribution in [0.25, 0.3) is 0 Å². The predicted octanol–water partition coefficient (Wildman–Crippen LogP) is 4.57. The molecule has 0 N–H and O–H groups in total. The van der Waals surface area contributed by atoms with Crippen LogP contribution in [0.3, 0.4) is 0 Å². The lowest BCUT2D eigenvalue weighted by molar-refractivity contribution is -0.131. The van der Waals surface area contributed by atoms with E-state index in [-0.39, 0.29) is 18.4 Å². The van der Waals surface area contributed by atoms with Crippen LogP contribution in [-0.2, 0) is 22.0 Å². The lowest BCUT2D eigenvalue weighted by Crippen LogP contribution is -2.39. The van der Waals surface area contributed by atoms with E-state index in [2.05, 4.69) is 4.90 Å². The third-order valence-electron chi connectivity index (χ3n) is 5.43. The lowest BCUT2D eigenvalue weighted by atomic mass is 10.0. The quantitative estimate of drug-likeness (QED) is 0.617. The molecule has 1 heterocycles. The van der Waals surface area contributed by atoms with E-state index in [9.17, 15) is 9.00 Å². The maximum atomic E-state index is 13.1. The number of hydrogen-bond acceptors (Lipinski definition) is 3. The molecule has 0 unspecified atom stereocenters. The number of hydrogen-bond donors (Lipinski definition) is 0. The summed E-state index contributed by atoms with van der Waals surface area (Å²) in [5, 5.41) is 0.938. The van der Waals surface area contributed by atoms with Gasteiger partial charge in [-0.05, 0) is 61.3 Å². The molecule has 1 fully saturated rings. The number of amides is 1. The van der Waals surface area contributed by atoms with Gasteiger partial charge in [0.05, 0.1) is 22.5 Å². The van der Waals surface area contributed by atoms with Crippen LogP contribution in [0.2, 0.25) is 10.0 Å². The number of carbonyl (C=O) groups excluding carboxylic acids is 1. The summed E-state index contributed by atoms with van der Waals surface area (Å²) in [6.45, 7) is 2.91. The zero-order chi connectivity index (χ0) is 21.0. The van der Waals surface area contributed by atoms with Gasteiger partial charge in [-0.3, -0.25) is 9.00 Å². The molecule has 0 aromatic heterocycles. The zero-order valence-electron chi connectivity index (χ0n) is 16.7. The van der Waals surface area contributed by atoms with Crippen LogP contribution < -0.4 is 0 Å². The Labute approximate surface area is 185 Å². The van der Waals surface area contributed by atoms with E-state index in [1.807, 2.05) is 42.3 Å². The molecule has 4 nitrogen and oxygen atoms in total. The topological polar surface area (TPSA) is 40.6 Å². The minimum atomic E-state index is -1.02. The standard InChI is InChI=1S/C22H26Cl2N2O2S/c1-25(22(27)14-16-5-10-19(23)20(24)13-16)21(15-26-11-3-4-12-26)17-6-8-18(9-7-17)29(2)28/h5-10,13,21H,3-4,11-12,14-15H2,1-2H3/t21-,29-/m0/s1. The molecule has 0 aliphatic carbocycles. The first-order valence-corrected chi connectivity index (χ1v) is 12.0. The second-order valence-corrected chi connectivity index (χ2v) is 9.67. The van der Waals surface area contributed by atoms with Crippen molar-refractivity contribution >= 4 is 39.9 Å². The maximum Gasteiger partial charge on any atom is 0.227 e. The Bertz CT molecular complexity index is 883. The van der Waals surface area contributed by atoms with Crippen molar-refractivity contribution in [3.8, 4) is 0 Å². The second-order valence-electron chi connectivity index (χ2n) is 7.48. The van der Waals surface area contributed by atoms with Gasteiger partial charge >= 0.3 is 0 Å². The normalized spacial score (nSPS) is 16.6. The van der Waals surface area contributed by atoms with Crippen molar-refractivity contribution in [1.29, 1.82) is 0 Å². The molecule has 2 aromatic carbocycles. The number of likely N-dealkylation sites (N-methyl/N-ethyl adjacent to an activating group) is 1. The molecule has 1 amide bonds. The van der Waals surface area contributed by atoms with Crippen molar-refractivity contribution in [3.05, 3.63) is 63.6 Å². The Balaban J connectivity index is 1.80. The SMILES string of the molecule is CN(C(=O)Cc1ccc(Cl)c(Cl)c1)[C@@H](CN1CCCC1)c1ccc([S@](C)=O)cc1. The highest BCUT2D eigenvalue weighted by Gasteiger charge is 2.26. The van der Waals surface area contributed by atoms with Gasteiger partial charge < -0.3 is 9.80 Å². The molecule has 0 radical (unpaired) electrons. The summed E-state index contributed by atoms with van der Waals surface area (Å²) in [5.41, 5.74) is 1.89. The van der Waals surface area contributed by atoms with E-state index in [1.54, 1.807) is 18.4 Å². The van der Waals surface area contributed by atoms with Crippen LogP contribution in [0.15, 0.2) is 47.4 Å². The molecule has 2 atom stereocenters. The van der Waals surface area contributed by atoms with Crippen molar-refractivity contribution in [1.82, 2.24) is 9.80 Å².